The van der Waals surface area contributed by atoms with Crippen molar-refractivity contribution in [3.8, 4) is 0 Å². The second kappa shape index (κ2) is 9.35. The number of piperidine rings is 1. The molecule has 1 aromatic carbocycles. The van der Waals surface area contributed by atoms with Crippen LogP contribution in [-0.2, 0) is 12.7 Å². The Morgan fingerprint density at radius 2 is 2.00 bits per heavy atom. The van der Waals surface area contributed by atoms with E-state index >= 15 is 0 Å². The van der Waals surface area contributed by atoms with E-state index in [1.807, 2.05) is 0 Å². The van der Waals surface area contributed by atoms with E-state index in [0.29, 0.717) is 5.76 Å². The van der Waals surface area contributed by atoms with Crippen LogP contribution in [0.5, 0.6) is 0 Å². The van der Waals surface area contributed by atoms with Crippen LogP contribution in [-0.4, -0.2) is 41.5 Å². The first-order valence-corrected chi connectivity index (χ1v) is 9.86. The lowest BCUT2D eigenvalue weighted by Crippen LogP contribution is -2.48. The lowest BCUT2D eigenvalue weighted by atomic mass is 10.0. The molecule has 8 heteroatoms. The molecule has 2 amide bonds. The number of anilines is 1. The maximum absolute atomic E-state index is 13.0. The number of hydrogen-bond acceptors (Lipinski definition) is 3. The number of furan rings is 1. The number of carbonyl (C=O) groups excluding carboxylic acids is 1. The number of likely N-dealkylation sites (tertiary alicyclic amines) is 1. The zero-order valence-electron chi connectivity index (χ0n) is 16.4. The van der Waals surface area contributed by atoms with Crippen molar-refractivity contribution < 1.29 is 22.4 Å². The molecule has 0 bridgehead atoms. The van der Waals surface area contributed by atoms with Gasteiger partial charge in [0.2, 0.25) is 0 Å². The molecule has 5 nitrogen and oxygen atoms in total. The summed E-state index contributed by atoms with van der Waals surface area (Å²) in [5, 5.41) is 2.63. The van der Waals surface area contributed by atoms with Crippen LogP contribution in [0, 0.1) is 0 Å². The SMILES string of the molecule is CCCN1CCC(N(Cc2ccco2)C(=O)Nc2cccc(C(F)(F)F)c2)CC1. The molecular formula is C21H26F3N3O2. The minimum Gasteiger partial charge on any atom is -0.467 e. The Kier molecular flexibility index (Phi) is 6.84. The first-order valence-electron chi connectivity index (χ1n) is 9.86. The van der Waals surface area contributed by atoms with Gasteiger partial charge in [-0.3, -0.25) is 0 Å². The summed E-state index contributed by atoms with van der Waals surface area (Å²) in [5.41, 5.74) is -0.668. The van der Waals surface area contributed by atoms with Crippen LogP contribution < -0.4 is 5.32 Å². The van der Waals surface area contributed by atoms with Gasteiger partial charge in [0.1, 0.15) is 5.76 Å². The highest BCUT2D eigenvalue weighted by atomic mass is 19.4. The summed E-state index contributed by atoms with van der Waals surface area (Å²) in [5.74, 6) is 0.639. The maximum atomic E-state index is 13.0. The third-order valence-electron chi connectivity index (χ3n) is 5.15. The second-order valence-electron chi connectivity index (χ2n) is 7.29. The highest BCUT2D eigenvalue weighted by molar-refractivity contribution is 5.89. The normalized spacial score (nSPS) is 16.0. The van der Waals surface area contributed by atoms with Gasteiger partial charge in [0, 0.05) is 24.8 Å². The number of nitrogens with zero attached hydrogens (tertiary/aromatic N) is 2. The zero-order valence-corrected chi connectivity index (χ0v) is 16.4. The van der Waals surface area contributed by atoms with Gasteiger partial charge < -0.3 is 19.5 Å². The van der Waals surface area contributed by atoms with Crippen molar-refractivity contribution in [1.29, 1.82) is 0 Å². The molecule has 1 aromatic heterocycles. The van der Waals surface area contributed by atoms with Crippen molar-refractivity contribution in [2.24, 2.45) is 0 Å². The standard InChI is InChI=1S/C21H26F3N3O2/c1-2-10-26-11-8-18(9-12-26)27(15-19-7-4-13-29-19)20(28)25-17-6-3-5-16(14-17)21(22,23)24/h3-7,13-14,18H,2,8-12,15H2,1H3,(H,25,28). The molecule has 1 N–H and O–H groups in total. The fraction of sp³-hybridized carbons (Fsp3) is 0.476. The van der Waals surface area contributed by atoms with Crippen molar-refractivity contribution in [2.75, 3.05) is 25.0 Å². The maximum Gasteiger partial charge on any atom is 0.416 e. The van der Waals surface area contributed by atoms with Crippen LogP contribution in [0.4, 0.5) is 23.7 Å². The van der Waals surface area contributed by atoms with Gasteiger partial charge in [-0.25, -0.2) is 4.79 Å². The van der Waals surface area contributed by atoms with Crippen molar-refractivity contribution in [3.05, 3.63) is 54.0 Å². The summed E-state index contributed by atoms with van der Waals surface area (Å²) in [6.45, 7) is 5.23. The third-order valence-corrected chi connectivity index (χ3v) is 5.15. The summed E-state index contributed by atoms with van der Waals surface area (Å²) in [4.78, 5) is 17.0. The Morgan fingerprint density at radius 3 is 2.62 bits per heavy atom. The number of alkyl halides is 3. The lowest BCUT2D eigenvalue weighted by Gasteiger charge is -2.38. The predicted octanol–water partition coefficient (Wildman–Crippen LogP) is 5.21. The molecule has 1 aliphatic heterocycles. The monoisotopic (exact) mass is 409 g/mol. The number of hydrogen-bond donors (Lipinski definition) is 1. The summed E-state index contributed by atoms with van der Waals surface area (Å²) in [6.07, 6.45) is -0.201. The molecule has 2 aromatic rings. The van der Waals surface area contributed by atoms with Crippen molar-refractivity contribution in [2.45, 2.75) is 44.9 Å². The van der Waals surface area contributed by atoms with Crippen LogP contribution in [0.25, 0.3) is 0 Å². The smallest absolute Gasteiger partial charge is 0.416 e. The summed E-state index contributed by atoms with van der Waals surface area (Å²) < 4.78 is 44.3. The molecule has 0 spiro atoms. The van der Waals surface area contributed by atoms with Crippen LogP contribution in [0.1, 0.15) is 37.5 Å². The Hall–Kier alpha value is -2.48. The molecule has 2 heterocycles. The number of carbonyl (C=O) groups is 1. The van der Waals surface area contributed by atoms with E-state index in [1.165, 1.54) is 12.1 Å². The van der Waals surface area contributed by atoms with E-state index in [1.54, 1.807) is 23.3 Å². The zero-order chi connectivity index (χ0) is 20.9. The Balaban J connectivity index is 1.73. The molecule has 0 atom stereocenters. The number of rotatable bonds is 6. The number of halogens is 3. The summed E-state index contributed by atoms with van der Waals surface area (Å²) >= 11 is 0. The van der Waals surface area contributed by atoms with Gasteiger partial charge in [-0.1, -0.05) is 13.0 Å². The van der Waals surface area contributed by atoms with E-state index in [-0.39, 0.29) is 18.3 Å². The summed E-state index contributed by atoms with van der Waals surface area (Å²) in [6, 6.07) is 7.81. The fourth-order valence-electron chi connectivity index (χ4n) is 3.68. The van der Waals surface area contributed by atoms with Crippen LogP contribution >= 0.6 is 0 Å². The van der Waals surface area contributed by atoms with Crippen molar-refractivity contribution in [3.63, 3.8) is 0 Å². The molecule has 1 aliphatic rings. The van der Waals surface area contributed by atoms with Gasteiger partial charge in [-0.15, -0.1) is 0 Å². The van der Waals surface area contributed by atoms with E-state index < -0.39 is 17.8 Å². The lowest BCUT2D eigenvalue weighted by molar-refractivity contribution is -0.137. The Morgan fingerprint density at radius 1 is 1.24 bits per heavy atom. The number of amides is 2. The van der Waals surface area contributed by atoms with E-state index in [2.05, 4.69) is 17.1 Å². The van der Waals surface area contributed by atoms with Crippen LogP contribution in [0.15, 0.2) is 47.1 Å². The van der Waals surface area contributed by atoms with Crippen molar-refractivity contribution >= 4 is 11.7 Å². The minimum absolute atomic E-state index is 0.000921. The van der Waals surface area contributed by atoms with Crippen LogP contribution in [0.2, 0.25) is 0 Å². The number of nitrogens with one attached hydrogen (secondary N) is 1. The fourth-order valence-corrected chi connectivity index (χ4v) is 3.68. The topological polar surface area (TPSA) is 48.7 Å². The molecular weight excluding hydrogens is 383 g/mol. The molecule has 0 saturated carbocycles. The highest BCUT2D eigenvalue weighted by Crippen LogP contribution is 2.31. The van der Waals surface area contributed by atoms with E-state index in [0.717, 1.165) is 51.0 Å². The molecule has 1 saturated heterocycles. The minimum atomic E-state index is -4.46. The van der Waals surface area contributed by atoms with Gasteiger partial charge in [-0.2, -0.15) is 13.2 Å². The molecule has 0 radical (unpaired) electrons. The van der Waals surface area contributed by atoms with Gasteiger partial charge in [0.25, 0.3) is 0 Å². The number of benzene rings is 1. The predicted molar refractivity (Wildman–Crippen MR) is 104 cm³/mol. The van der Waals surface area contributed by atoms with Gasteiger partial charge >= 0.3 is 12.2 Å². The van der Waals surface area contributed by atoms with E-state index in [9.17, 15) is 18.0 Å². The molecule has 29 heavy (non-hydrogen) atoms. The van der Waals surface area contributed by atoms with Crippen LogP contribution in [0.3, 0.4) is 0 Å². The molecule has 0 unspecified atom stereocenters. The molecule has 1 fully saturated rings. The van der Waals surface area contributed by atoms with Crippen molar-refractivity contribution in [1.82, 2.24) is 9.80 Å². The molecule has 0 aliphatic carbocycles. The average Bonchev–Trinajstić information content (AvgIpc) is 3.20. The third kappa shape index (κ3) is 5.76. The van der Waals surface area contributed by atoms with Gasteiger partial charge in [0.05, 0.1) is 18.4 Å². The Bertz CT molecular complexity index is 785. The molecule has 158 valence electrons. The first kappa shape index (κ1) is 21.2. The molecule has 3 rings (SSSR count). The second-order valence-corrected chi connectivity index (χ2v) is 7.29. The van der Waals surface area contributed by atoms with E-state index in [4.69, 9.17) is 4.42 Å². The van der Waals surface area contributed by atoms with Gasteiger partial charge in [-0.05, 0) is 56.1 Å². The van der Waals surface area contributed by atoms with Gasteiger partial charge in [0.15, 0.2) is 0 Å². The Labute approximate surface area is 168 Å². The first-order chi connectivity index (χ1) is 13.9. The quantitative estimate of drug-likeness (QED) is 0.713. The summed E-state index contributed by atoms with van der Waals surface area (Å²) in [7, 11) is 0. The average molecular weight is 409 g/mol. The highest BCUT2D eigenvalue weighted by Gasteiger charge is 2.31. The largest absolute Gasteiger partial charge is 0.467 e. The number of urea groups is 1.